The second-order valence-corrected chi connectivity index (χ2v) is 3.90. The van der Waals surface area contributed by atoms with Gasteiger partial charge in [0.05, 0.1) is 4.92 Å². The third-order valence-corrected chi connectivity index (χ3v) is 2.18. The van der Waals surface area contributed by atoms with Crippen LogP contribution in [0.4, 0.5) is 5.69 Å². The molecule has 4 heteroatoms. The number of benzene rings is 1. The maximum absolute atomic E-state index is 10.0. The summed E-state index contributed by atoms with van der Waals surface area (Å²) in [6.45, 7) is 10.9. The van der Waals surface area contributed by atoms with Crippen molar-refractivity contribution in [2.24, 2.45) is 0 Å². The number of hydrogen-bond donors (Lipinski definition) is 0. The largest absolute Gasteiger partial charge is 0.306 e. The Hall–Kier alpha value is -1.42. The highest BCUT2D eigenvalue weighted by atomic mass is 16.6. The maximum Gasteiger partial charge on any atom is 0.269 e. The molecule has 1 aromatic carbocycles. The molecule has 1 rings (SSSR count). The zero-order valence-corrected chi connectivity index (χ0v) is 12.9. The summed E-state index contributed by atoms with van der Waals surface area (Å²) in [5.74, 6) is 0. The van der Waals surface area contributed by atoms with Crippen molar-refractivity contribution in [2.75, 3.05) is 20.1 Å². The smallest absolute Gasteiger partial charge is 0.269 e. The van der Waals surface area contributed by atoms with Crippen LogP contribution in [0.15, 0.2) is 30.3 Å². The molecule has 19 heavy (non-hydrogen) atoms. The van der Waals surface area contributed by atoms with Crippen molar-refractivity contribution in [3.8, 4) is 0 Å². The average molecular weight is 268 g/mol. The summed E-state index contributed by atoms with van der Waals surface area (Å²) >= 11 is 0. The lowest BCUT2D eigenvalue weighted by atomic mass is 10.3. The fraction of sp³-hybridized carbons (Fsp3) is 0.600. The minimum absolute atomic E-state index is 0.137. The molecule has 0 saturated carbocycles. The molecule has 0 heterocycles. The fourth-order valence-electron chi connectivity index (χ4n) is 1.42. The van der Waals surface area contributed by atoms with Gasteiger partial charge in [-0.15, -0.1) is 0 Å². The number of non-ortho nitro benzene ring substituents is 1. The van der Waals surface area contributed by atoms with Gasteiger partial charge in [-0.25, -0.2) is 0 Å². The zero-order chi connectivity index (χ0) is 15.1. The number of rotatable bonds is 5. The van der Waals surface area contributed by atoms with Crippen molar-refractivity contribution in [2.45, 2.75) is 40.5 Å². The molecular weight excluding hydrogens is 240 g/mol. The average Bonchev–Trinajstić information content (AvgIpc) is 2.43. The van der Waals surface area contributed by atoms with Gasteiger partial charge in [-0.2, -0.15) is 0 Å². The Morgan fingerprint density at radius 3 is 1.74 bits per heavy atom. The molecule has 0 fully saturated rings. The Balaban J connectivity index is 0. The Bertz CT molecular complexity index is 296. The van der Waals surface area contributed by atoms with Crippen molar-refractivity contribution in [3.05, 3.63) is 40.4 Å². The molecule has 0 aliphatic carbocycles. The molecular formula is C15H28N2O2. The Morgan fingerprint density at radius 1 is 1.05 bits per heavy atom. The first kappa shape index (κ1) is 19.9. The minimum Gasteiger partial charge on any atom is -0.306 e. The van der Waals surface area contributed by atoms with Gasteiger partial charge in [0.15, 0.2) is 0 Å². The lowest BCUT2D eigenvalue weighted by molar-refractivity contribution is -0.384. The van der Waals surface area contributed by atoms with E-state index in [1.807, 2.05) is 13.8 Å². The van der Waals surface area contributed by atoms with Crippen LogP contribution in [0.2, 0.25) is 0 Å². The Morgan fingerprint density at radius 2 is 1.47 bits per heavy atom. The molecule has 0 unspecified atom stereocenters. The summed E-state index contributed by atoms with van der Waals surface area (Å²) in [5.41, 5.74) is 0.137. The lowest BCUT2D eigenvalue weighted by Crippen LogP contribution is -2.19. The molecule has 1 aromatic rings. The molecule has 0 bridgehead atoms. The van der Waals surface area contributed by atoms with Crippen LogP contribution in [0.5, 0.6) is 0 Å². The summed E-state index contributed by atoms with van der Waals surface area (Å²) in [5, 5.41) is 10.0. The van der Waals surface area contributed by atoms with Gasteiger partial charge in [0.2, 0.25) is 0 Å². The van der Waals surface area contributed by atoms with Gasteiger partial charge in [-0.3, -0.25) is 10.1 Å². The van der Waals surface area contributed by atoms with Gasteiger partial charge in [0, 0.05) is 12.1 Å². The molecule has 0 atom stereocenters. The standard InChI is InChI=1S/C7H17N.C6H5NO2.C2H6/c1-4-6-8(3)7-5-2;8-7(9)6-4-2-1-3-5-6;1-2/h4-7H2,1-3H3;1-5H;1-2H3. The summed E-state index contributed by atoms with van der Waals surface area (Å²) in [6, 6.07) is 7.93. The summed E-state index contributed by atoms with van der Waals surface area (Å²) in [6.07, 6.45) is 2.55. The van der Waals surface area contributed by atoms with E-state index in [1.54, 1.807) is 18.2 Å². The Labute approximate surface area is 117 Å². The van der Waals surface area contributed by atoms with E-state index in [9.17, 15) is 10.1 Å². The number of nitro groups is 1. The second kappa shape index (κ2) is 14.6. The molecule has 0 saturated heterocycles. The van der Waals surface area contributed by atoms with Crippen molar-refractivity contribution in [1.82, 2.24) is 4.90 Å². The molecule has 0 radical (unpaired) electrons. The molecule has 0 amide bonds. The van der Waals surface area contributed by atoms with Crippen molar-refractivity contribution in [1.29, 1.82) is 0 Å². The molecule has 0 spiro atoms. The van der Waals surface area contributed by atoms with Crippen LogP contribution in [0.3, 0.4) is 0 Å². The third kappa shape index (κ3) is 12.8. The van der Waals surface area contributed by atoms with Gasteiger partial charge in [-0.05, 0) is 33.0 Å². The van der Waals surface area contributed by atoms with E-state index in [4.69, 9.17) is 0 Å². The first-order valence-electron chi connectivity index (χ1n) is 6.99. The van der Waals surface area contributed by atoms with Crippen LogP contribution in [0.25, 0.3) is 0 Å². The number of hydrogen-bond acceptors (Lipinski definition) is 3. The van der Waals surface area contributed by atoms with E-state index in [2.05, 4.69) is 25.8 Å². The monoisotopic (exact) mass is 268 g/mol. The molecule has 0 aliphatic rings. The van der Waals surface area contributed by atoms with Crippen LogP contribution >= 0.6 is 0 Å². The highest BCUT2D eigenvalue weighted by molar-refractivity contribution is 5.27. The van der Waals surface area contributed by atoms with Gasteiger partial charge >= 0.3 is 0 Å². The third-order valence-electron chi connectivity index (χ3n) is 2.18. The second-order valence-electron chi connectivity index (χ2n) is 3.90. The minimum atomic E-state index is -0.417. The predicted octanol–water partition coefficient (Wildman–Crippen LogP) is 4.36. The van der Waals surface area contributed by atoms with Crippen molar-refractivity contribution < 1.29 is 4.92 Å². The van der Waals surface area contributed by atoms with E-state index < -0.39 is 4.92 Å². The van der Waals surface area contributed by atoms with Crippen LogP contribution < -0.4 is 0 Å². The molecule has 0 aliphatic heterocycles. The lowest BCUT2D eigenvalue weighted by Gasteiger charge is -2.12. The highest BCUT2D eigenvalue weighted by Crippen LogP contribution is 2.06. The van der Waals surface area contributed by atoms with Crippen molar-refractivity contribution >= 4 is 5.69 Å². The number of nitro benzene ring substituents is 1. The van der Waals surface area contributed by atoms with E-state index in [1.165, 1.54) is 38.1 Å². The van der Waals surface area contributed by atoms with E-state index in [0.717, 1.165) is 0 Å². The van der Waals surface area contributed by atoms with E-state index in [-0.39, 0.29) is 5.69 Å². The van der Waals surface area contributed by atoms with Gasteiger partial charge < -0.3 is 4.90 Å². The predicted molar refractivity (Wildman–Crippen MR) is 82.5 cm³/mol. The summed E-state index contributed by atoms with van der Waals surface area (Å²) in [7, 11) is 2.17. The fourth-order valence-corrected chi connectivity index (χ4v) is 1.42. The molecule has 0 aromatic heterocycles. The van der Waals surface area contributed by atoms with E-state index in [0.29, 0.717) is 0 Å². The normalized spacial score (nSPS) is 8.95. The van der Waals surface area contributed by atoms with Gasteiger partial charge in [-0.1, -0.05) is 45.9 Å². The first-order chi connectivity index (χ1) is 9.11. The SMILES string of the molecule is CC.CCCN(C)CCC.O=[N+]([O-])c1ccccc1. The maximum atomic E-state index is 10.0. The Kier molecular flexibility index (Phi) is 15.3. The number of nitrogens with zero attached hydrogens (tertiary/aromatic N) is 2. The van der Waals surface area contributed by atoms with E-state index >= 15 is 0 Å². The molecule has 110 valence electrons. The quantitative estimate of drug-likeness (QED) is 0.589. The number of para-hydroxylation sites is 1. The van der Waals surface area contributed by atoms with Crippen LogP contribution in [0.1, 0.15) is 40.5 Å². The summed E-state index contributed by atoms with van der Waals surface area (Å²) in [4.78, 5) is 12.0. The van der Waals surface area contributed by atoms with Crippen LogP contribution in [0, 0.1) is 10.1 Å². The first-order valence-corrected chi connectivity index (χ1v) is 6.99. The van der Waals surface area contributed by atoms with Crippen molar-refractivity contribution in [3.63, 3.8) is 0 Å². The topological polar surface area (TPSA) is 46.4 Å². The van der Waals surface area contributed by atoms with Crippen LogP contribution in [-0.4, -0.2) is 30.0 Å². The zero-order valence-electron chi connectivity index (χ0n) is 12.9. The summed E-state index contributed by atoms with van der Waals surface area (Å²) < 4.78 is 0. The van der Waals surface area contributed by atoms with Crippen LogP contribution in [-0.2, 0) is 0 Å². The molecule has 0 N–H and O–H groups in total. The highest BCUT2D eigenvalue weighted by Gasteiger charge is 1.98. The molecule has 4 nitrogen and oxygen atoms in total. The van der Waals surface area contributed by atoms with Gasteiger partial charge in [0.25, 0.3) is 5.69 Å². The van der Waals surface area contributed by atoms with Gasteiger partial charge in [0.1, 0.15) is 0 Å².